The Morgan fingerprint density at radius 2 is 2.00 bits per heavy atom. The Labute approximate surface area is 120 Å². The van der Waals surface area contributed by atoms with Gasteiger partial charge in [0.2, 0.25) is 5.89 Å². The molecule has 0 bridgehead atoms. The summed E-state index contributed by atoms with van der Waals surface area (Å²) in [6.45, 7) is 0.366. The first-order chi connectivity index (χ1) is 10.1. The molecule has 0 fully saturated rings. The van der Waals surface area contributed by atoms with E-state index < -0.39 is 5.97 Å². The SMILES string of the molecule is O=C(O)Cc1ccc(NC(=O)NCCc2ncno2)cc1. The molecule has 0 saturated carbocycles. The highest BCUT2D eigenvalue weighted by Gasteiger charge is 2.04. The number of nitrogens with zero attached hydrogens (tertiary/aromatic N) is 2. The Morgan fingerprint density at radius 1 is 1.24 bits per heavy atom. The van der Waals surface area contributed by atoms with Gasteiger partial charge in [-0.25, -0.2) is 4.79 Å². The fraction of sp³-hybridized carbons (Fsp3) is 0.231. The lowest BCUT2D eigenvalue weighted by Crippen LogP contribution is -2.30. The number of nitrogens with one attached hydrogen (secondary N) is 2. The highest BCUT2D eigenvalue weighted by molar-refractivity contribution is 5.89. The van der Waals surface area contributed by atoms with Gasteiger partial charge in [-0.2, -0.15) is 4.98 Å². The number of amides is 2. The van der Waals surface area contributed by atoms with E-state index in [1.807, 2.05) is 0 Å². The monoisotopic (exact) mass is 290 g/mol. The van der Waals surface area contributed by atoms with Gasteiger partial charge in [0.15, 0.2) is 6.33 Å². The van der Waals surface area contributed by atoms with Crippen molar-refractivity contribution in [3.05, 3.63) is 42.0 Å². The Morgan fingerprint density at radius 3 is 2.62 bits per heavy atom. The molecule has 3 N–H and O–H groups in total. The third-order valence-corrected chi connectivity index (χ3v) is 2.60. The third kappa shape index (κ3) is 4.94. The summed E-state index contributed by atoms with van der Waals surface area (Å²) in [5, 5.41) is 17.4. The Kier molecular flexibility index (Phi) is 4.86. The highest BCUT2D eigenvalue weighted by atomic mass is 16.5. The predicted octanol–water partition coefficient (Wildman–Crippen LogP) is 1.06. The minimum Gasteiger partial charge on any atom is -0.481 e. The molecule has 0 spiro atoms. The molecule has 2 amide bonds. The van der Waals surface area contributed by atoms with Crippen LogP contribution in [0.2, 0.25) is 0 Å². The van der Waals surface area contributed by atoms with E-state index in [0.29, 0.717) is 30.1 Å². The predicted molar refractivity (Wildman–Crippen MR) is 72.8 cm³/mol. The van der Waals surface area contributed by atoms with Gasteiger partial charge in [-0.05, 0) is 17.7 Å². The lowest BCUT2D eigenvalue weighted by Gasteiger charge is -2.07. The Hall–Kier alpha value is -2.90. The number of rotatable bonds is 6. The van der Waals surface area contributed by atoms with Crippen molar-refractivity contribution in [2.24, 2.45) is 0 Å². The minimum absolute atomic E-state index is 0.0450. The molecule has 8 heteroatoms. The average Bonchev–Trinajstić information content (AvgIpc) is 2.93. The largest absolute Gasteiger partial charge is 0.481 e. The van der Waals surface area contributed by atoms with Gasteiger partial charge in [0.1, 0.15) is 0 Å². The van der Waals surface area contributed by atoms with Gasteiger partial charge < -0.3 is 20.3 Å². The van der Waals surface area contributed by atoms with Crippen LogP contribution in [0.5, 0.6) is 0 Å². The molecule has 2 aromatic rings. The second kappa shape index (κ2) is 7.04. The summed E-state index contributed by atoms with van der Waals surface area (Å²) < 4.78 is 4.80. The summed E-state index contributed by atoms with van der Waals surface area (Å²) in [7, 11) is 0. The quantitative estimate of drug-likeness (QED) is 0.732. The maximum absolute atomic E-state index is 11.6. The number of aliphatic carboxylic acids is 1. The molecule has 0 saturated heterocycles. The molecule has 2 rings (SSSR count). The summed E-state index contributed by atoms with van der Waals surface area (Å²) in [5.74, 6) is -0.442. The number of aromatic nitrogens is 2. The average molecular weight is 290 g/mol. The van der Waals surface area contributed by atoms with E-state index in [4.69, 9.17) is 9.63 Å². The maximum Gasteiger partial charge on any atom is 0.319 e. The number of carboxylic acid groups (broad SMARTS) is 1. The first kappa shape index (κ1) is 14.5. The molecular weight excluding hydrogens is 276 g/mol. The zero-order chi connectivity index (χ0) is 15.1. The lowest BCUT2D eigenvalue weighted by molar-refractivity contribution is -0.136. The number of carboxylic acids is 1. The van der Waals surface area contributed by atoms with Crippen LogP contribution < -0.4 is 10.6 Å². The van der Waals surface area contributed by atoms with E-state index in [-0.39, 0.29) is 12.5 Å². The van der Waals surface area contributed by atoms with E-state index >= 15 is 0 Å². The number of carbonyl (C=O) groups is 2. The normalized spacial score (nSPS) is 10.1. The fourth-order valence-electron chi connectivity index (χ4n) is 1.64. The molecule has 8 nitrogen and oxygen atoms in total. The molecule has 0 aliphatic heterocycles. The van der Waals surface area contributed by atoms with Gasteiger partial charge in [-0.15, -0.1) is 0 Å². The van der Waals surface area contributed by atoms with Gasteiger partial charge in [-0.3, -0.25) is 4.79 Å². The summed E-state index contributed by atoms with van der Waals surface area (Å²) in [6.07, 6.45) is 1.70. The lowest BCUT2D eigenvalue weighted by atomic mass is 10.1. The summed E-state index contributed by atoms with van der Waals surface area (Å²) in [5.41, 5.74) is 1.25. The van der Waals surface area contributed by atoms with Crippen molar-refractivity contribution < 1.29 is 19.2 Å². The van der Waals surface area contributed by atoms with Crippen molar-refractivity contribution in [2.75, 3.05) is 11.9 Å². The van der Waals surface area contributed by atoms with Crippen LogP contribution in [0.4, 0.5) is 10.5 Å². The summed E-state index contributed by atoms with van der Waals surface area (Å²) in [6, 6.07) is 6.25. The van der Waals surface area contributed by atoms with Gasteiger partial charge in [0, 0.05) is 18.7 Å². The topological polar surface area (TPSA) is 117 Å². The van der Waals surface area contributed by atoms with Crippen LogP contribution >= 0.6 is 0 Å². The second-order valence-electron chi connectivity index (χ2n) is 4.23. The molecule has 0 atom stereocenters. The molecule has 0 radical (unpaired) electrons. The molecule has 1 heterocycles. The van der Waals surface area contributed by atoms with E-state index in [1.54, 1.807) is 24.3 Å². The second-order valence-corrected chi connectivity index (χ2v) is 4.23. The first-order valence-electron chi connectivity index (χ1n) is 6.24. The molecule has 21 heavy (non-hydrogen) atoms. The number of urea groups is 1. The fourth-order valence-corrected chi connectivity index (χ4v) is 1.64. The molecule has 0 unspecified atom stereocenters. The van der Waals surface area contributed by atoms with Crippen LogP contribution in [0.3, 0.4) is 0 Å². The summed E-state index contributed by atoms with van der Waals surface area (Å²) >= 11 is 0. The number of benzene rings is 1. The number of carbonyl (C=O) groups excluding carboxylic acids is 1. The zero-order valence-electron chi connectivity index (χ0n) is 11.1. The summed E-state index contributed by atoms with van der Waals surface area (Å²) in [4.78, 5) is 26.0. The zero-order valence-corrected chi connectivity index (χ0v) is 11.1. The van der Waals surface area contributed by atoms with E-state index in [1.165, 1.54) is 6.33 Å². The molecule has 1 aromatic heterocycles. The van der Waals surface area contributed by atoms with E-state index in [9.17, 15) is 9.59 Å². The molecule has 1 aromatic carbocycles. The molecule has 0 aliphatic rings. The minimum atomic E-state index is -0.894. The number of hydrogen-bond acceptors (Lipinski definition) is 5. The van der Waals surface area contributed by atoms with Crippen LogP contribution in [0.25, 0.3) is 0 Å². The van der Waals surface area contributed by atoms with E-state index in [2.05, 4.69) is 20.8 Å². The van der Waals surface area contributed by atoms with Crippen molar-refractivity contribution in [3.63, 3.8) is 0 Å². The van der Waals surface area contributed by atoms with E-state index in [0.717, 1.165) is 0 Å². The van der Waals surface area contributed by atoms with Gasteiger partial charge in [-0.1, -0.05) is 17.3 Å². The Balaban J connectivity index is 1.75. The molecule has 0 aliphatic carbocycles. The number of hydrogen-bond donors (Lipinski definition) is 3. The van der Waals surface area contributed by atoms with Crippen molar-refractivity contribution in [3.8, 4) is 0 Å². The maximum atomic E-state index is 11.6. The van der Waals surface area contributed by atoms with Crippen molar-refractivity contribution in [2.45, 2.75) is 12.8 Å². The van der Waals surface area contributed by atoms with Crippen LogP contribution in [0.1, 0.15) is 11.5 Å². The molecule has 110 valence electrons. The standard InChI is InChI=1S/C13H14N4O4/c18-12(19)7-9-1-3-10(4-2-9)17-13(20)14-6-5-11-15-8-16-21-11/h1-4,8H,5-7H2,(H,18,19)(H2,14,17,20). The van der Waals surface area contributed by atoms with Crippen molar-refractivity contribution >= 4 is 17.7 Å². The van der Waals surface area contributed by atoms with Crippen LogP contribution in [0, 0.1) is 0 Å². The Bertz CT molecular complexity index is 595. The van der Waals surface area contributed by atoms with Gasteiger partial charge in [0.05, 0.1) is 6.42 Å². The van der Waals surface area contributed by atoms with Crippen molar-refractivity contribution in [1.82, 2.24) is 15.5 Å². The van der Waals surface area contributed by atoms with Crippen LogP contribution in [0.15, 0.2) is 35.1 Å². The first-order valence-corrected chi connectivity index (χ1v) is 6.24. The molecular formula is C13H14N4O4. The third-order valence-electron chi connectivity index (χ3n) is 2.60. The van der Waals surface area contributed by atoms with Gasteiger partial charge >= 0.3 is 12.0 Å². The highest BCUT2D eigenvalue weighted by Crippen LogP contribution is 2.09. The number of anilines is 1. The van der Waals surface area contributed by atoms with Crippen LogP contribution in [-0.4, -0.2) is 33.8 Å². The van der Waals surface area contributed by atoms with Crippen LogP contribution in [-0.2, 0) is 17.6 Å². The van der Waals surface area contributed by atoms with Crippen molar-refractivity contribution in [1.29, 1.82) is 0 Å². The van der Waals surface area contributed by atoms with Gasteiger partial charge in [0.25, 0.3) is 0 Å². The smallest absolute Gasteiger partial charge is 0.319 e.